The number of rotatable bonds is 8. The Kier molecular flexibility index (Phi) is 7.57. The molecule has 0 saturated heterocycles. The maximum absolute atomic E-state index is 4.38. The second-order valence-corrected chi connectivity index (χ2v) is 18.0. The summed E-state index contributed by atoms with van der Waals surface area (Å²) in [6.07, 6.45) is 2.63. The molecule has 3 heteroatoms. The molecule has 1 N–H and O–H groups in total. The van der Waals surface area contributed by atoms with Gasteiger partial charge in [-0.25, -0.2) is 0 Å². The van der Waals surface area contributed by atoms with Gasteiger partial charge in [-0.1, -0.05) is 81.3 Å². The zero-order chi connectivity index (χ0) is 15.4. The van der Waals surface area contributed by atoms with Crippen LogP contribution in [0.25, 0.3) is 0 Å². The number of hydrogen-bond donors (Lipinski definition) is 1. The fourth-order valence-corrected chi connectivity index (χ4v) is 16.0. The summed E-state index contributed by atoms with van der Waals surface area (Å²) in [6.45, 7) is 24.6. The van der Waals surface area contributed by atoms with Crippen molar-refractivity contribution in [3.05, 3.63) is 0 Å². The summed E-state index contributed by atoms with van der Waals surface area (Å²) in [4.78, 5) is 0. The van der Waals surface area contributed by atoms with E-state index in [4.69, 9.17) is 0 Å². The van der Waals surface area contributed by atoms with Gasteiger partial charge in [0.05, 0.1) is 0 Å². The smallest absolute Gasteiger partial charge is 0.121 e. The van der Waals surface area contributed by atoms with E-state index >= 15 is 0 Å². The van der Waals surface area contributed by atoms with E-state index in [1.165, 1.54) is 12.8 Å². The Morgan fingerprint density at radius 2 is 0.947 bits per heavy atom. The van der Waals surface area contributed by atoms with Crippen LogP contribution in [0.3, 0.4) is 0 Å². The quantitative estimate of drug-likeness (QED) is 0.530. The molecule has 19 heavy (non-hydrogen) atoms. The molecule has 0 fully saturated rings. The molecule has 4 atom stereocenters. The molecule has 1 nitrogen and oxygen atoms in total. The van der Waals surface area contributed by atoms with Crippen LogP contribution in [0.5, 0.6) is 0 Å². The summed E-state index contributed by atoms with van der Waals surface area (Å²) < 4.78 is 4.38. The lowest BCUT2D eigenvalue weighted by Gasteiger charge is -2.49. The van der Waals surface area contributed by atoms with Crippen molar-refractivity contribution in [2.75, 3.05) is 0 Å². The van der Waals surface area contributed by atoms with Crippen molar-refractivity contribution in [3.63, 3.8) is 0 Å². The zero-order valence-electron chi connectivity index (χ0n) is 15.2. The lowest BCUT2D eigenvalue weighted by molar-refractivity contribution is 0.746. The lowest BCUT2D eigenvalue weighted by atomic mass is 10.4. The van der Waals surface area contributed by atoms with Gasteiger partial charge in [-0.3, -0.25) is 0 Å². The molecule has 0 aromatic carbocycles. The fraction of sp³-hybridized carbons (Fsp3) is 1.00. The van der Waals surface area contributed by atoms with Crippen molar-refractivity contribution in [2.45, 2.75) is 103 Å². The van der Waals surface area contributed by atoms with Crippen LogP contribution >= 0.6 is 0 Å². The molecule has 0 saturated carbocycles. The monoisotopic (exact) mass is 301 g/mol. The average Bonchev–Trinajstić information content (AvgIpc) is 2.35. The van der Waals surface area contributed by atoms with Crippen LogP contribution in [0.15, 0.2) is 0 Å². The second-order valence-electron chi connectivity index (χ2n) is 7.62. The molecule has 0 heterocycles. The SMILES string of the molecule is CCC(C)[Si](C)(N[Si](C)(C(C)C)C(C)CC)C(C)C. The van der Waals surface area contributed by atoms with E-state index in [1.807, 2.05) is 0 Å². The third kappa shape index (κ3) is 4.18. The molecule has 4 unspecified atom stereocenters. The largest absolute Gasteiger partial charge is 0.358 e. The molecule has 0 spiro atoms. The first-order chi connectivity index (χ1) is 8.56. The van der Waals surface area contributed by atoms with Crippen molar-refractivity contribution >= 4 is 16.5 Å². The molecule has 0 amide bonds. The van der Waals surface area contributed by atoms with Gasteiger partial charge >= 0.3 is 0 Å². The molecule has 0 rings (SSSR count). The highest BCUT2D eigenvalue weighted by molar-refractivity contribution is 6.94. The van der Waals surface area contributed by atoms with Gasteiger partial charge in [0.2, 0.25) is 0 Å². The van der Waals surface area contributed by atoms with Crippen LogP contribution in [0.1, 0.15) is 68.2 Å². The van der Waals surface area contributed by atoms with E-state index in [9.17, 15) is 0 Å². The zero-order valence-corrected chi connectivity index (χ0v) is 17.2. The highest BCUT2D eigenvalue weighted by Crippen LogP contribution is 2.39. The third-order valence-electron chi connectivity index (χ3n) is 6.21. The summed E-state index contributed by atoms with van der Waals surface area (Å²) >= 11 is 0. The molecule has 0 aliphatic heterocycles. The van der Waals surface area contributed by atoms with Crippen molar-refractivity contribution in [1.29, 1.82) is 0 Å². The van der Waals surface area contributed by atoms with Crippen LogP contribution in [0.2, 0.25) is 35.3 Å². The van der Waals surface area contributed by atoms with Crippen molar-refractivity contribution in [2.24, 2.45) is 0 Å². The second kappa shape index (κ2) is 7.42. The normalized spacial score (nSPS) is 22.1. The topological polar surface area (TPSA) is 12.0 Å². The minimum absolute atomic E-state index is 0.817. The predicted octanol–water partition coefficient (Wildman–Crippen LogP) is 6.15. The molecular formula is C16H39NSi2. The van der Waals surface area contributed by atoms with Crippen molar-refractivity contribution in [3.8, 4) is 0 Å². The van der Waals surface area contributed by atoms with Crippen molar-refractivity contribution in [1.82, 2.24) is 4.65 Å². The summed E-state index contributed by atoms with van der Waals surface area (Å²) in [5.41, 5.74) is 3.36. The van der Waals surface area contributed by atoms with E-state index < -0.39 is 16.5 Å². The summed E-state index contributed by atoms with van der Waals surface area (Å²) in [7, 11) is -2.79. The van der Waals surface area contributed by atoms with E-state index in [-0.39, 0.29) is 0 Å². The number of nitrogens with one attached hydrogen (secondary N) is 1. The van der Waals surface area contributed by atoms with Gasteiger partial charge in [0.15, 0.2) is 0 Å². The van der Waals surface area contributed by atoms with Gasteiger partial charge in [-0.15, -0.1) is 0 Å². The lowest BCUT2D eigenvalue weighted by Crippen LogP contribution is -2.67. The molecule has 0 aromatic rings. The summed E-state index contributed by atoms with van der Waals surface area (Å²) in [6, 6.07) is 0. The first-order valence-electron chi connectivity index (χ1n) is 8.35. The third-order valence-corrected chi connectivity index (χ3v) is 20.2. The maximum atomic E-state index is 4.38. The molecule has 0 bridgehead atoms. The standard InChI is InChI=1S/C16H39NSi2/c1-11-15(7)18(9,13(3)4)17-19(10,14(5)6)16(8)12-2/h13-17H,11-12H2,1-10H3. The van der Waals surface area contributed by atoms with Gasteiger partial charge in [0.25, 0.3) is 0 Å². The fourth-order valence-electron chi connectivity index (χ4n) is 3.10. The Hall–Kier alpha value is 0.394. The van der Waals surface area contributed by atoms with Crippen LogP contribution in [-0.2, 0) is 0 Å². The average molecular weight is 302 g/mol. The molecule has 0 aromatic heterocycles. The first-order valence-corrected chi connectivity index (χ1v) is 13.7. The first kappa shape index (κ1) is 19.4. The van der Waals surface area contributed by atoms with Gasteiger partial charge < -0.3 is 4.65 Å². The highest BCUT2D eigenvalue weighted by Gasteiger charge is 2.46. The van der Waals surface area contributed by atoms with Gasteiger partial charge in [0.1, 0.15) is 16.5 Å². The Morgan fingerprint density at radius 1 is 0.684 bits per heavy atom. The molecule has 0 radical (unpaired) electrons. The number of hydrogen-bond acceptors (Lipinski definition) is 1. The Labute approximate surface area is 125 Å². The van der Waals surface area contributed by atoms with Crippen LogP contribution in [0.4, 0.5) is 0 Å². The van der Waals surface area contributed by atoms with E-state index in [0.717, 1.165) is 22.2 Å². The van der Waals surface area contributed by atoms with E-state index in [2.05, 4.69) is 73.1 Å². The Bertz CT molecular complexity index is 241. The molecule has 0 aliphatic carbocycles. The molecule has 116 valence electrons. The van der Waals surface area contributed by atoms with Crippen LogP contribution in [0, 0.1) is 0 Å². The Morgan fingerprint density at radius 3 is 1.11 bits per heavy atom. The molecule has 0 aliphatic rings. The highest BCUT2D eigenvalue weighted by atomic mass is 28.4. The minimum atomic E-state index is -1.40. The van der Waals surface area contributed by atoms with Gasteiger partial charge in [0, 0.05) is 0 Å². The maximum Gasteiger partial charge on any atom is 0.121 e. The van der Waals surface area contributed by atoms with Gasteiger partial charge in [-0.2, -0.15) is 0 Å². The Balaban J connectivity index is 5.40. The van der Waals surface area contributed by atoms with E-state index in [0.29, 0.717) is 0 Å². The van der Waals surface area contributed by atoms with E-state index in [1.54, 1.807) is 0 Å². The summed E-state index contributed by atoms with van der Waals surface area (Å²) in [5.74, 6) is 0. The van der Waals surface area contributed by atoms with Crippen LogP contribution in [-0.4, -0.2) is 16.5 Å². The van der Waals surface area contributed by atoms with Gasteiger partial charge in [-0.05, 0) is 22.2 Å². The summed E-state index contributed by atoms with van der Waals surface area (Å²) in [5, 5.41) is 0. The van der Waals surface area contributed by atoms with Crippen LogP contribution < -0.4 is 4.65 Å². The minimum Gasteiger partial charge on any atom is -0.358 e. The predicted molar refractivity (Wildman–Crippen MR) is 96.0 cm³/mol. The molecular weight excluding hydrogens is 262 g/mol. The van der Waals surface area contributed by atoms with Crippen molar-refractivity contribution < 1.29 is 0 Å².